The predicted molar refractivity (Wildman–Crippen MR) is 64.9 cm³/mol. The summed E-state index contributed by atoms with van der Waals surface area (Å²) in [5.41, 5.74) is 0. The van der Waals surface area contributed by atoms with Crippen molar-refractivity contribution in [3.8, 4) is 0 Å². The van der Waals surface area contributed by atoms with Gasteiger partial charge in [0.15, 0.2) is 0 Å². The summed E-state index contributed by atoms with van der Waals surface area (Å²) in [6.07, 6.45) is 0. The van der Waals surface area contributed by atoms with Crippen molar-refractivity contribution in [3.05, 3.63) is 34.2 Å². The number of thiophene rings is 1. The van der Waals surface area contributed by atoms with E-state index in [-0.39, 0.29) is 5.91 Å². The fourth-order valence-electron chi connectivity index (χ4n) is 1.33. The minimum absolute atomic E-state index is 0.0346. The van der Waals surface area contributed by atoms with Crippen molar-refractivity contribution < 1.29 is 4.79 Å². The standard InChI is InChI=1S/C11H10ClNOS/c1-13(2)11(14)10-5-7-3-4-8(12)6-9(7)15-10/h3-6H,1-2H3. The van der Waals surface area contributed by atoms with Crippen LogP contribution in [-0.2, 0) is 0 Å². The van der Waals surface area contributed by atoms with Gasteiger partial charge in [0.2, 0.25) is 0 Å². The molecule has 2 aromatic rings. The minimum atomic E-state index is 0.0346. The molecule has 0 atom stereocenters. The van der Waals surface area contributed by atoms with E-state index in [4.69, 9.17) is 11.6 Å². The number of carbonyl (C=O) groups is 1. The summed E-state index contributed by atoms with van der Waals surface area (Å²) in [5.74, 6) is 0.0346. The van der Waals surface area contributed by atoms with Crippen LogP contribution in [0.1, 0.15) is 9.67 Å². The monoisotopic (exact) mass is 239 g/mol. The molecule has 0 aliphatic heterocycles. The summed E-state index contributed by atoms with van der Waals surface area (Å²) >= 11 is 7.35. The summed E-state index contributed by atoms with van der Waals surface area (Å²) in [5, 5.41) is 1.77. The zero-order chi connectivity index (χ0) is 11.0. The number of halogens is 1. The number of amides is 1. The first-order chi connectivity index (χ1) is 7.08. The van der Waals surface area contributed by atoms with Crippen LogP contribution in [0.15, 0.2) is 24.3 Å². The maximum Gasteiger partial charge on any atom is 0.263 e. The second kappa shape index (κ2) is 3.83. The van der Waals surface area contributed by atoms with E-state index >= 15 is 0 Å². The number of hydrogen-bond donors (Lipinski definition) is 0. The van der Waals surface area contributed by atoms with Gasteiger partial charge in [-0.05, 0) is 23.6 Å². The fourth-order valence-corrected chi connectivity index (χ4v) is 2.69. The Morgan fingerprint density at radius 2 is 2.07 bits per heavy atom. The number of carbonyl (C=O) groups excluding carboxylic acids is 1. The van der Waals surface area contributed by atoms with E-state index in [1.54, 1.807) is 19.0 Å². The van der Waals surface area contributed by atoms with Crippen LogP contribution in [0.3, 0.4) is 0 Å². The van der Waals surface area contributed by atoms with E-state index in [2.05, 4.69) is 0 Å². The summed E-state index contributed by atoms with van der Waals surface area (Å²) in [6, 6.07) is 7.55. The van der Waals surface area contributed by atoms with E-state index in [0.717, 1.165) is 15.0 Å². The van der Waals surface area contributed by atoms with Crippen molar-refractivity contribution in [1.29, 1.82) is 0 Å². The highest BCUT2D eigenvalue weighted by atomic mass is 35.5. The molecular formula is C11H10ClNOS. The Labute approximate surface area is 97.1 Å². The van der Waals surface area contributed by atoms with Gasteiger partial charge in [0, 0.05) is 23.8 Å². The van der Waals surface area contributed by atoms with E-state index in [1.165, 1.54) is 11.3 Å². The summed E-state index contributed by atoms with van der Waals surface area (Å²) in [7, 11) is 3.50. The summed E-state index contributed by atoms with van der Waals surface area (Å²) in [6.45, 7) is 0. The lowest BCUT2D eigenvalue weighted by Gasteiger charge is -2.06. The molecule has 78 valence electrons. The average molecular weight is 240 g/mol. The second-order valence-corrected chi connectivity index (χ2v) is 5.01. The number of hydrogen-bond acceptors (Lipinski definition) is 2. The highest BCUT2D eigenvalue weighted by molar-refractivity contribution is 7.20. The molecule has 4 heteroatoms. The van der Waals surface area contributed by atoms with Gasteiger partial charge in [0.1, 0.15) is 0 Å². The molecule has 0 aliphatic carbocycles. The van der Waals surface area contributed by atoms with Crippen molar-refractivity contribution in [2.45, 2.75) is 0 Å². The van der Waals surface area contributed by atoms with Gasteiger partial charge in [-0.1, -0.05) is 17.7 Å². The Hall–Kier alpha value is -1.06. The lowest BCUT2D eigenvalue weighted by atomic mass is 10.2. The molecule has 0 bridgehead atoms. The first kappa shape index (κ1) is 10.5. The zero-order valence-corrected chi connectivity index (χ0v) is 10.0. The van der Waals surface area contributed by atoms with Gasteiger partial charge in [0.25, 0.3) is 5.91 Å². The molecule has 1 heterocycles. The van der Waals surface area contributed by atoms with Gasteiger partial charge in [0.05, 0.1) is 4.88 Å². The molecule has 0 saturated heterocycles. The Morgan fingerprint density at radius 1 is 1.33 bits per heavy atom. The van der Waals surface area contributed by atoms with Gasteiger partial charge in [-0.25, -0.2) is 0 Å². The van der Waals surface area contributed by atoms with E-state index < -0.39 is 0 Å². The smallest absolute Gasteiger partial charge is 0.263 e. The number of rotatable bonds is 1. The number of benzene rings is 1. The Kier molecular flexibility index (Phi) is 2.67. The van der Waals surface area contributed by atoms with Gasteiger partial charge in [-0.3, -0.25) is 4.79 Å². The molecule has 0 saturated carbocycles. The maximum atomic E-state index is 11.7. The SMILES string of the molecule is CN(C)C(=O)c1cc2ccc(Cl)cc2s1. The van der Waals surface area contributed by atoms with Crippen LogP contribution in [0.25, 0.3) is 10.1 Å². The minimum Gasteiger partial charge on any atom is -0.344 e. The Morgan fingerprint density at radius 3 is 2.73 bits per heavy atom. The van der Waals surface area contributed by atoms with E-state index in [9.17, 15) is 4.79 Å². The third-order valence-electron chi connectivity index (χ3n) is 2.10. The molecule has 0 unspecified atom stereocenters. The van der Waals surface area contributed by atoms with Crippen LogP contribution in [0.4, 0.5) is 0 Å². The predicted octanol–water partition coefficient (Wildman–Crippen LogP) is 3.26. The van der Waals surface area contributed by atoms with Crippen LogP contribution >= 0.6 is 22.9 Å². The van der Waals surface area contributed by atoms with Gasteiger partial charge < -0.3 is 4.90 Å². The molecular weight excluding hydrogens is 230 g/mol. The largest absolute Gasteiger partial charge is 0.344 e. The van der Waals surface area contributed by atoms with Crippen molar-refractivity contribution in [3.63, 3.8) is 0 Å². The normalized spacial score (nSPS) is 10.6. The van der Waals surface area contributed by atoms with Crippen molar-refractivity contribution >= 4 is 38.9 Å². The maximum absolute atomic E-state index is 11.7. The fraction of sp³-hybridized carbons (Fsp3) is 0.182. The van der Waals surface area contributed by atoms with Crippen LogP contribution in [-0.4, -0.2) is 24.9 Å². The molecule has 0 aliphatic rings. The highest BCUT2D eigenvalue weighted by Gasteiger charge is 2.11. The molecule has 0 N–H and O–H groups in total. The average Bonchev–Trinajstić information content (AvgIpc) is 2.58. The Bertz CT molecular complexity index is 518. The quantitative estimate of drug-likeness (QED) is 0.748. The van der Waals surface area contributed by atoms with Crippen LogP contribution in [0, 0.1) is 0 Å². The molecule has 1 amide bonds. The van der Waals surface area contributed by atoms with Crippen LogP contribution in [0.5, 0.6) is 0 Å². The molecule has 0 radical (unpaired) electrons. The molecule has 0 spiro atoms. The summed E-state index contributed by atoms with van der Waals surface area (Å²) < 4.78 is 1.05. The summed E-state index contributed by atoms with van der Waals surface area (Å²) in [4.78, 5) is 14.0. The topological polar surface area (TPSA) is 20.3 Å². The van der Waals surface area contributed by atoms with E-state index in [1.807, 2.05) is 24.3 Å². The van der Waals surface area contributed by atoms with Crippen LogP contribution < -0.4 is 0 Å². The zero-order valence-electron chi connectivity index (χ0n) is 8.45. The number of fused-ring (bicyclic) bond motifs is 1. The first-order valence-corrected chi connectivity index (χ1v) is 5.68. The third-order valence-corrected chi connectivity index (χ3v) is 3.42. The van der Waals surface area contributed by atoms with Crippen molar-refractivity contribution in [2.75, 3.05) is 14.1 Å². The molecule has 0 fully saturated rings. The van der Waals surface area contributed by atoms with Gasteiger partial charge >= 0.3 is 0 Å². The molecule has 15 heavy (non-hydrogen) atoms. The second-order valence-electron chi connectivity index (χ2n) is 3.49. The Balaban J connectivity index is 2.52. The number of nitrogens with zero attached hydrogens (tertiary/aromatic N) is 1. The van der Waals surface area contributed by atoms with Gasteiger partial charge in [-0.15, -0.1) is 11.3 Å². The first-order valence-electron chi connectivity index (χ1n) is 4.48. The molecule has 2 rings (SSSR count). The van der Waals surface area contributed by atoms with Crippen LogP contribution in [0.2, 0.25) is 5.02 Å². The van der Waals surface area contributed by atoms with E-state index in [0.29, 0.717) is 5.02 Å². The molecule has 2 nitrogen and oxygen atoms in total. The highest BCUT2D eigenvalue weighted by Crippen LogP contribution is 2.28. The van der Waals surface area contributed by atoms with Gasteiger partial charge in [-0.2, -0.15) is 0 Å². The third kappa shape index (κ3) is 1.98. The lowest BCUT2D eigenvalue weighted by Crippen LogP contribution is -2.20. The lowest BCUT2D eigenvalue weighted by molar-refractivity contribution is 0.0832. The molecule has 1 aromatic carbocycles. The van der Waals surface area contributed by atoms with Crippen molar-refractivity contribution in [1.82, 2.24) is 4.90 Å². The molecule has 1 aromatic heterocycles. The van der Waals surface area contributed by atoms with Crippen molar-refractivity contribution in [2.24, 2.45) is 0 Å².